The number of ether oxygens (including phenoxy) is 1. The molecule has 2 aromatic carbocycles. The van der Waals surface area contributed by atoms with Crippen molar-refractivity contribution < 1.29 is 9.53 Å². The molecule has 122 valence electrons. The molecule has 0 aromatic heterocycles. The van der Waals surface area contributed by atoms with Gasteiger partial charge < -0.3 is 10.5 Å². The maximum Gasteiger partial charge on any atom is 0.196 e. The fourth-order valence-corrected chi connectivity index (χ4v) is 2.32. The van der Waals surface area contributed by atoms with Gasteiger partial charge in [0.1, 0.15) is 6.10 Å². The zero-order valence-corrected chi connectivity index (χ0v) is 14.3. The van der Waals surface area contributed by atoms with Gasteiger partial charge in [0.15, 0.2) is 5.78 Å². The predicted molar refractivity (Wildman–Crippen MR) is 93.4 cm³/mol. The lowest BCUT2D eigenvalue weighted by Crippen LogP contribution is -2.27. The molecule has 0 fully saturated rings. The molecular formula is C20H25NO2. The van der Waals surface area contributed by atoms with Gasteiger partial charge in [-0.05, 0) is 38.8 Å². The van der Waals surface area contributed by atoms with Gasteiger partial charge in [0.2, 0.25) is 0 Å². The van der Waals surface area contributed by atoms with E-state index in [2.05, 4.69) is 0 Å². The maximum absolute atomic E-state index is 13.0. The lowest BCUT2D eigenvalue weighted by atomic mass is 9.97. The van der Waals surface area contributed by atoms with Crippen LogP contribution in [-0.2, 0) is 11.3 Å². The van der Waals surface area contributed by atoms with Crippen molar-refractivity contribution in [2.75, 3.05) is 0 Å². The molecule has 2 N–H and O–H groups in total. The Kier molecular flexibility index (Phi) is 5.34. The van der Waals surface area contributed by atoms with Crippen molar-refractivity contribution in [1.82, 2.24) is 0 Å². The molecule has 0 aliphatic rings. The monoisotopic (exact) mass is 311 g/mol. The maximum atomic E-state index is 13.0. The van der Waals surface area contributed by atoms with Crippen LogP contribution in [0.1, 0.15) is 53.9 Å². The second kappa shape index (κ2) is 7.07. The van der Waals surface area contributed by atoms with E-state index in [1.54, 1.807) is 0 Å². The first-order chi connectivity index (χ1) is 10.8. The van der Waals surface area contributed by atoms with E-state index < -0.39 is 11.7 Å². The number of Topliss-reactive ketones (excluding diaryl/α,β-unsaturated/α-hetero) is 1. The third kappa shape index (κ3) is 4.75. The highest BCUT2D eigenvalue weighted by Gasteiger charge is 2.27. The molecule has 0 radical (unpaired) electrons. The van der Waals surface area contributed by atoms with Gasteiger partial charge >= 0.3 is 0 Å². The van der Waals surface area contributed by atoms with Crippen molar-refractivity contribution >= 4 is 5.78 Å². The summed E-state index contributed by atoms with van der Waals surface area (Å²) in [4.78, 5) is 13.0. The van der Waals surface area contributed by atoms with Gasteiger partial charge in [0, 0.05) is 12.1 Å². The number of benzene rings is 2. The van der Waals surface area contributed by atoms with E-state index >= 15 is 0 Å². The molecule has 1 unspecified atom stereocenters. The Morgan fingerprint density at radius 2 is 1.61 bits per heavy atom. The topological polar surface area (TPSA) is 52.3 Å². The van der Waals surface area contributed by atoms with E-state index in [1.165, 1.54) is 0 Å². The molecule has 0 saturated heterocycles. The van der Waals surface area contributed by atoms with Crippen LogP contribution in [0.4, 0.5) is 0 Å². The molecule has 0 aliphatic heterocycles. The molecule has 0 heterocycles. The molecule has 0 amide bonds. The number of hydrogen-bond donors (Lipinski definition) is 1. The van der Waals surface area contributed by atoms with Crippen molar-refractivity contribution in [1.29, 1.82) is 0 Å². The van der Waals surface area contributed by atoms with Gasteiger partial charge in [0.25, 0.3) is 0 Å². The Labute approximate surface area is 138 Å². The Morgan fingerprint density at radius 3 is 2.09 bits per heavy atom. The number of aryl methyl sites for hydroxylation is 1. The third-order valence-corrected chi connectivity index (χ3v) is 3.56. The van der Waals surface area contributed by atoms with Gasteiger partial charge in [-0.1, -0.05) is 54.1 Å². The van der Waals surface area contributed by atoms with Crippen molar-refractivity contribution in [3.8, 4) is 0 Å². The van der Waals surface area contributed by atoms with Crippen molar-refractivity contribution in [2.45, 2.75) is 45.9 Å². The van der Waals surface area contributed by atoms with Crippen LogP contribution < -0.4 is 5.73 Å². The minimum atomic E-state index is -0.612. The summed E-state index contributed by atoms with van der Waals surface area (Å²) in [5, 5.41) is 0. The molecule has 0 spiro atoms. The van der Waals surface area contributed by atoms with E-state index in [0.29, 0.717) is 12.1 Å². The molecule has 2 aromatic rings. The summed E-state index contributed by atoms with van der Waals surface area (Å²) in [6.07, 6.45) is -0.612. The quantitative estimate of drug-likeness (QED) is 0.842. The van der Waals surface area contributed by atoms with Gasteiger partial charge in [-0.2, -0.15) is 0 Å². The Balaban J connectivity index is 2.35. The number of carbonyl (C=O) groups is 1. The second-order valence-corrected chi connectivity index (χ2v) is 6.79. The molecule has 2 rings (SSSR count). The van der Waals surface area contributed by atoms with Gasteiger partial charge in [-0.3, -0.25) is 4.79 Å². The first kappa shape index (κ1) is 17.4. The van der Waals surface area contributed by atoms with Gasteiger partial charge in [-0.15, -0.1) is 0 Å². The summed E-state index contributed by atoms with van der Waals surface area (Å²) >= 11 is 0. The zero-order chi connectivity index (χ0) is 17.0. The Bertz CT molecular complexity index is 652. The predicted octanol–water partition coefficient (Wildman–Crippen LogP) is 4.19. The molecule has 1 atom stereocenters. The van der Waals surface area contributed by atoms with Crippen LogP contribution in [0.5, 0.6) is 0 Å². The van der Waals surface area contributed by atoms with Gasteiger partial charge in [-0.25, -0.2) is 0 Å². The SMILES string of the molecule is Cc1ccc(C(OC(C)(C)C)C(=O)c2ccc(CN)cc2)cc1. The summed E-state index contributed by atoms with van der Waals surface area (Å²) in [5.74, 6) is -0.0349. The summed E-state index contributed by atoms with van der Waals surface area (Å²) in [6.45, 7) is 8.36. The molecule has 3 nitrogen and oxygen atoms in total. The highest BCUT2D eigenvalue weighted by atomic mass is 16.5. The number of carbonyl (C=O) groups excluding carboxylic acids is 1. The van der Waals surface area contributed by atoms with Crippen molar-refractivity contribution in [3.63, 3.8) is 0 Å². The first-order valence-corrected chi connectivity index (χ1v) is 7.88. The van der Waals surface area contributed by atoms with Crippen LogP contribution >= 0.6 is 0 Å². The standard InChI is InChI=1S/C20H25NO2/c1-14-5-9-17(10-6-14)19(23-20(2,3)4)18(22)16-11-7-15(13-21)8-12-16/h5-12,19H,13,21H2,1-4H3. The van der Waals surface area contributed by atoms with E-state index in [4.69, 9.17) is 10.5 Å². The van der Waals surface area contributed by atoms with Crippen LogP contribution in [0.3, 0.4) is 0 Å². The van der Waals surface area contributed by atoms with Crippen molar-refractivity contribution in [2.24, 2.45) is 5.73 Å². The molecule has 0 aliphatic carbocycles. The summed E-state index contributed by atoms with van der Waals surface area (Å²) < 4.78 is 6.06. The van der Waals surface area contributed by atoms with Crippen LogP contribution in [-0.4, -0.2) is 11.4 Å². The molecule has 0 bridgehead atoms. The number of rotatable bonds is 5. The largest absolute Gasteiger partial charge is 0.360 e. The molecular weight excluding hydrogens is 286 g/mol. The van der Waals surface area contributed by atoms with E-state index in [0.717, 1.165) is 16.7 Å². The Hall–Kier alpha value is -1.97. The smallest absolute Gasteiger partial charge is 0.196 e. The second-order valence-electron chi connectivity index (χ2n) is 6.79. The average molecular weight is 311 g/mol. The molecule has 23 heavy (non-hydrogen) atoms. The highest BCUT2D eigenvalue weighted by Crippen LogP contribution is 2.28. The fourth-order valence-electron chi connectivity index (χ4n) is 2.32. The average Bonchev–Trinajstić information content (AvgIpc) is 2.52. The summed E-state index contributed by atoms with van der Waals surface area (Å²) in [5.41, 5.74) is 8.87. The molecule has 3 heteroatoms. The first-order valence-electron chi connectivity index (χ1n) is 7.88. The highest BCUT2D eigenvalue weighted by molar-refractivity contribution is 6.00. The third-order valence-electron chi connectivity index (χ3n) is 3.56. The zero-order valence-electron chi connectivity index (χ0n) is 14.3. The van der Waals surface area contributed by atoms with E-state index in [9.17, 15) is 4.79 Å². The van der Waals surface area contributed by atoms with E-state index in [-0.39, 0.29) is 5.78 Å². The summed E-state index contributed by atoms with van der Waals surface area (Å²) in [6, 6.07) is 15.3. The summed E-state index contributed by atoms with van der Waals surface area (Å²) in [7, 11) is 0. The van der Waals surface area contributed by atoms with Crippen LogP contribution in [0.2, 0.25) is 0 Å². The van der Waals surface area contributed by atoms with Gasteiger partial charge in [0.05, 0.1) is 5.60 Å². The normalized spacial score (nSPS) is 12.9. The molecule has 0 saturated carbocycles. The Morgan fingerprint density at radius 1 is 1.04 bits per heavy atom. The number of nitrogens with two attached hydrogens (primary N) is 1. The van der Waals surface area contributed by atoms with Crippen LogP contribution in [0.25, 0.3) is 0 Å². The minimum absolute atomic E-state index is 0.0349. The minimum Gasteiger partial charge on any atom is -0.360 e. The number of ketones is 1. The van der Waals surface area contributed by atoms with Crippen LogP contribution in [0, 0.1) is 6.92 Å². The fraction of sp³-hybridized carbons (Fsp3) is 0.350. The van der Waals surface area contributed by atoms with Crippen LogP contribution in [0.15, 0.2) is 48.5 Å². The number of hydrogen-bond acceptors (Lipinski definition) is 3. The lowest BCUT2D eigenvalue weighted by molar-refractivity contribution is -0.0471. The lowest BCUT2D eigenvalue weighted by Gasteiger charge is -2.27. The van der Waals surface area contributed by atoms with E-state index in [1.807, 2.05) is 76.2 Å². The van der Waals surface area contributed by atoms with Crippen molar-refractivity contribution in [3.05, 3.63) is 70.8 Å².